The van der Waals surface area contributed by atoms with Gasteiger partial charge in [0.1, 0.15) is 11.6 Å². The largest absolute Gasteiger partial charge is 0.573 e. The maximum atomic E-state index is 12.2. The number of fused-ring (bicyclic) bond motifs is 1. The lowest BCUT2D eigenvalue weighted by molar-refractivity contribution is -0.274. The quantitative estimate of drug-likeness (QED) is 0.595. The highest BCUT2D eigenvalue weighted by Crippen LogP contribution is 2.33. The number of hydrogen-bond donors (Lipinski definition) is 1. The smallest absolute Gasteiger partial charge is 0.404 e. The molecule has 3 aromatic rings. The Hall–Kier alpha value is -2.18. The minimum absolute atomic E-state index is 0.170. The molecule has 0 saturated carbocycles. The third-order valence-electron chi connectivity index (χ3n) is 3.10. The average Bonchev–Trinajstić information content (AvgIpc) is 2.50. The summed E-state index contributed by atoms with van der Waals surface area (Å²) >= 11 is 11.9. The Morgan fingerprint density at radius 2 is 1.75 bits per heavy atom. The van der Waals surface area contributed by atoms with Crippen molar-refractivity contribution in [3.8, 4) is 5.75 Å². The Labute approximate surface area is 145 Å². The number of benzene rings is 2. The number of alkyl halides is 3. The van der Waals surface area contributed by atoms with E-state index in [-0.39, 0.29) is 5.02 Å². The zero-order valence-electron chi connectivity index (χ0n) is 11.9. The summed E-state index contributed by atoms with van der Waals surface area (Å²) in [6, 6.07) is 12.8. The van der Waals surface area contributed by atoms with Gasteiger partial charge in [-0.2, -0.15) is 0 Å². The standard InChI is InChI=1S/C16H9Cl2F3N2O/c17-11-3-1-2-9-4-7-14(23-15(9)11)22-10-5-6-13(12(18)8-10)24-16(19,20)21/h1-8H,(H,22,23). The molecule has 2 aromatic carbocycles. The van der Waals surface area contributed by atoms with Crippen molar-refractivity contribution in [1.82, 2.24) is 4.98 Å². The van der Waals surface area contributed by atoms with Crippen LogP contribution in [0.4, 0.5) is 24.7 Å². The van der Waals surface area contributed by atoms with Crippen LogP contribution in [-0.2, 0) is 0 Å². The van der Waals surface area contributed by atoms with Crippen LogP contribution >= 0.6 is 23.2 Å². The SMILES string of the molecule is FC(F)(F)Oc1ccc(Nc2ccc3cccc(Cl)c3n2)cc1Cl. The van der Waals surface area contributed by atoms with E-state index in [0.29, 0.717) is 22.0 Å². The fourth-order valence-electron chi connectivity index (χ4n) is 2.11. The van der Waals surface area contributed by atoms with E-state index in [9.17, 15) is 13.2 Å². The van der Waals surface area contributed by atoms with Crippen LogP contribution in [0.2, 0.25) is 10.0 Å². The molecular weight excluding hydrogens is 364 g/mol. The first-order chi connectivity index (χ1) is 11.3. The number of para-hydroxylation sites is 1. The second-order valence-corrected chi connectivity index (χ2v) is 5.64. The zero-order valence-corrected chi connectivity index (χ0v) is 13.4. The molecule has 1 heterocycles. The molecule has 0 fully saturated rings. The van der Waals surface area contributed by atoms with Crippen LogP contribution in [0, 0.1) is 0 Å². The second kappa shape index (κ2) is 6.37. The van der Waals surface area contributed by atoms with E-state index in [1.165, 1.54) is 12.1 Å². The zero-order chi connectivity index (χ0) is 17.3. The van der Waals surface area contributed by atoms with Crippen LogP contribution in [0.5, 0.6) is 5.75 Å². The van der Waals surface area contributed by atoms with Crippen molar-refractivity contribution in [3.05, 3.63) is 58.6 Å². The van der Waals surface area contributed by atoms with Crippen molar-refractivity contribution in [2.24, 2.45) is 0 Å². The Bertz CT molecular complexity index is 900. The number of nitrogens with one attached hydrogen (secondary N) is 1. The van der Waals surface area contributed by atoms with Crippen LogP contribution in [0.25, 0.3) is 10.9 Å². The van der Waals surface area contributed by atoms with Crippen molar-refractivity contribution in [3.63, 3.8) is 0 Å². The number of nitrogens with zero attached hydrogens (tertiary/aromatic N) is 1. The summed E-state index contributed by atoms with van der Waals surface area (Å²) in [6.07, 6.45) is -4.80. The Morgan fingerprint density at radius 3 is 2.46 bits per heavy atom. The molecule has 8 heteroatoms. The molecule has 0 aliphatic heterocycles. The molecule has 0 atom stereocenters. The fraction of sp³-hybridized carbons (Fsp3) is 0.0625. The third-order valence-corrected chi connectivity index (χ3v) is 3.70. The number of aromatic nitrogens is 1. The van der Waals surface area contributed by atoms with E-state index in [0.717, 1.165) is 11.5 Å². The minimum Gasteiger partial charge on any atom is -0.404 e. The first kappa shape index (κ1) is 16.7. The Kier molecular flexibility index (Phi) is 4.43. The van der Waals surface area contributed by atoms with Gasteiger partial charge in [0.05, 0.1) is 15.6 Å². The van der Waals surface area contributed by atoms with E-state index < -0.39 is 12.1 Å². The van der Waals surface area contributed by atoms with Gasteiger partial charge in [-0.15, -0.1) is 13.2 Å². The molecule has 0 aliphatic rings. The highest BCUT2D eigenvalue weighted by Gasteiger charge is 2.32. The maximum absolute atomic E-state index is 12.2. The van der Waals surface area contributed by atoms with Crippen molar-refractivity contribution in [1.29, 1.82) is 0 Å². The fourth-order valence-corrected chi connectivity index (χ4v) is 2.56. The Morgan fingerprint density at radius 1 is 0.958 bits per heavy atom. The van der Waals surface area contributed by atoms with E-state index in [1.807, 2.05) is 18.2 Å². The van der Waals surface area contributed by atoms with Crippen LogP contribution in [0.15, 0.2) is 48.5 Å². The molecule has 0 bridgehead atoms. The topological polar surface area (TPSA) is 34.1 Å². The number of hydrogen-bond acceptors (Lipinski definition) is 3. The molecule has 0 unspecified atom stereocenters. The summed E-state index contributed by atoms with van der Waals surface area (Å²) in [5.74, 6) is 0.0142. The van der Waals surface area contributed by atoms with Crippen molar-refractivity contribution < 1.29 is 17.9 Å². The van der Waals surface area contributed by atoms with Gasteiger partial charge in [-0.1, -0.05) is 35.3 Å². The van der Waals surface area contributed by atoms with Crippen LogP contribution in [0.3, 0.4) is 0 Å². The van der Waals surface area contributed by atoms with Crippen LogP contribution < -0.4 is 10.1 Å². The van der Waals surface area contributed by atoms with Gasteiger partial charge in [0, 0.05) is 11.1 Å². The Balaban J connectivity index is 1.86. The van der Waals surface area contributed by atoms with Crippen molar-refractivity contribution in [2.75, 3.05) is 5.32 Å². The van der Waals surface area contributed by atoms with E-state index >= 15 is 0 Å². The number of pyridine rings is 1. The highest BCUT2D eigenvalue weighted by atomic mass is 35.5. The van der Waals surface area contributed by atoms with Gasteiger partial charge in [0.15, 0.2) is 0 Å². The summed E-state index contributed by atoms with van der Waals surface area (Å²) in [6.45, 7) is 0. The summed E-state index contributed by atoms with van der Waals surface area (Å²) < 4.78 is 40.5. The molecule has 1 N–H and O–H groups in total. The van der Waals surface area contributed by atoms with Crippen molar-refractivity contribution >= 4 is 45.6 Å². The third kappa shape index (κ3) is 3.83. The second-order valence-electron chi connectivity index (χ2n) is 4.83. The average molecular weight is 373 g/mol. The minimum atomic E-state index is -4.80. The number of rotatable bonds is 3. The summed E-state index contributed by atoms with van der Waals surface area (Å²) in [7, 11) is 0. The normalized spacial score (nSPS) is 11.5. The summed E-state index contributed by atoms with van der Waals surface area (Å²) in [4.78, 5) is 4.38. The highest BCUT2D eigenvalue weighted by molar-refractivity contribution is 6.35. The molecule has 0 saturated heterocycles. The lowest BCUT2D eigenvalue weighted by Gasteiger charge is -2.12. The predicted molar refractivity (Wildman–Crippen MR) is 88.2 cm³/mol. The number of anilines is 2. The molecule has 1 aromatic heterocycles. The van der Waals surface area contributed by atoms with Gasteiger partial charge < -0.3 is 10.1 Å². The van der Waals surface area contributed by atoms with Gasteiger partial charge in [0.25, 0.3) is 0 Å². The number of ether oxygens (including phenoxy) is 1. The van der Waals surface area contributed by atoms with Gasteiger partial charge in [-0.25, -0.2) is 4.98 Å². The van der Waals surface area contributed by atoms with Gasteiger partial charge >= 0.3 is 6.36 Å². The van der Waals surface area contributed by atoms with E-state index in [4.69, 9.17) is 23.2 Å². The molecule has 3 rings (SSSR count). The van der Waals surface area contributed by atoms with E-state index in [2.05, 4.69) is 15.0 Å². The van der Waals surface area contributed by atoms with Crippen molar-refractivity contribution in [2.45, 2.75) is 6.36 Å². The lowest BCUT2D eigenvalue weighted by Crippen LogP contribution is -2.17. The first-order valence-electron chi connectivity index (χ1n) is 6.69. The van der Waals surface area contributed by atoms with Crippen LogP contribution in [-0.4, -0.2) is 11.3 Å². The summed E-state index contributed by atoms with van der Waals surface area (Å²) in [5, 5.41) is 4.17. The molecule has 3 nitrogen and oxygen atoms in total. The van der Waals surface area contributed by atoms with Gasteiger partial charge in [-0.3, -0.25) is 0 Å². The predicted octanol–water partition coefficient (Wildman–Crippen LogP) is 6.18. The molecule has 0 spiro atoms. The van der Waals surface area contributed by atoms with E-state index in [1.54, 1.807) is 12.1 Å². The van der Waals surface area contributed by atoms with Gasteiger partial charge in [-0.05, 0) is 36.4 Å². The van der Waals surface area contributed by atoms with Gasteiger partial charge in [0.2, 0.25) is 0 Å². The number of halogens is 5. The monoisotopic (exact) mass is 372 g/mol. The van der Waals surface area contributed by atoms with Crippen LogP contribution in [0.1, 0.15) is 0 Å². The molecule has 0 aliphatic carbocycles. The molecule has 0 radical (unpaired) electrons. The molecule has 124 valence electrons. The maximum Gasteiger partial charge on any atom is 0.573 e. The summed E-state index contributed by atoms with van der Waals surface area (Å²) in [5.41, 5.74) is 1.08. The molecular formula is C16H9Cl2F3N2O. The lowest BCUT2D eigenvalue weighted by atomic mass is 10.2. The molecule has 0 amide bonds. The first-order valence-corrected chi connectivity index (χ1v) is 7.45. The molecule has 24 heavy (non-hydrogen) atoms.